The highest BCUT2D eigenvalue weighted by atomic mass is 16.5. The van der Waals surface area contributed by atoms with Crippen LogP contribution in [0.2, 0.25) is 0 Å². The zero-order chi connectivity index (χ0) is 20.8. The molecule has 0 aromatic heterocycles. The van der Waals surface area contributed by atoms with Crippen molar-refractivity contribution < 1.29 is 23.9 Å². The van der Waals surface area contributed by atoms with Crippen molar-refractivity contribution in [2.45, 2.75) is 34.1 Å². The molecule has 0 aliphatic heterocycles. The van der Waals surface area contributed by atoms with E-state index >= 15 is 0 Å². The van der Waals surface area contributed by atoms with Gasteiger partial charge in [-0.2, -0.15) is 0 Å². The molecule has 0 atom stereocenters. The van der Waals surface area contributed by atoms with Gasteiger partial charge in [0.1, 0.15) is 5.75 Å². The number of amides is 1. The molecule has 0 heterocycles. The minimum absolute atomic E-state index is 0.0971. The third-order valence-electron chi connectivity index (χ3n) is 4.33. The Balaban J connectivity index is 1.98. The number of methoxy groups -OCH3 is 1. The number of nitrogens with one attached hydrogen (secondary N) is 1. The number of carbonyl (C=O) groups is 3. The van der Waals surface area contributed by atoms with Crippen molar-refractivity contribution >= 4 is 23.3 Å². The maximum absolute atomic E-state index is 12.2. The van der Waals surface area contributed by atoms with E-state index in [-0.39, 0.29) is 18.8 Å². The number of hydrogen-bond acceptors (Lipinski definition) is 5. The van der Waals surface area contributed by atoms with Crippen LogP contribution in [0.3, 0.4) is 0 Å². The fourth-order valence-electron chi connectivity index (χ4n) is 3.04. The second kappa shape index (κ2) is 9.17. The van der Waals surface area contributed by atoms with Crippen LogP contribution in [0.25, 0.3) is 0 Å². The largest absolute Gasteiger partial charge is 0.496 e. The predicted octanol–water partition coefficient (Wildman–Crippen LogP) is 3.55. The molecule has 0 fully saturated rings. The molecular weight excluding hydrogens is 358 g/mol. The standard InChI is InChI=1S/C22H25NO5/c1-13-8-14(2)22(15(3)9-13)23-20(25)12-28-21(26)11-18-10-17(16(4)24)6-7-19(18)27-5/h6-10H,11-12H2,1-5H3,(H,23,25). The first-order valence-corrected chi connectivity index (χ1v) is 8.92. The SMILES string of the molecule is COc1ccc(C(C)=O)cc1CC(=O)OCC(=O)Nc1c(C)cc(C)cc1C. The molecule has 0 spiro atoms. The summed E-state index contributed by atoms with van der Waals surface area (Å²) in [6.45, 7) is 6.87. The van der Waals surface area contributed by atoms with Gasteiger partial charge in [0.25, 0.3) is 5.91 Å². The molecule has 2 aromatic rings. The molecule has 0 aliphatic rings. The Kier molecular flexibility index (Phi) is 6.93. The molecule has 2 rings (SSSR count). The lowest BCUT2D eigenvalue weighted by Gasteiger charge is -2.13. The highest BCUT2D eigenvalue weighted by Crippen LogP contribution is 2.22. The lowest BCUT2D eigenvalue weighted by atomic mass is 10.0. The summed E-state index contributed by atoms with van der Waals surface area (Å²) in [6.07, 6.45) is -0.0971. The van der Waals surface area contributed by atoms with Crippen LogP contribution in [0.15, 0.2) is 30.3 Å². The van der Waals surface area contributed by atoms with E-state index in [0.717, 1.165) is 22.4 Å². The van der Waals surface area contributed by atoms with Crippen LogP contribution in [0.4, 0.5) is 5.69 Å². The Hall–Kier alpha value is -3.15. The molecule has 0 saturated heterocycles. The third-order valence-corrected chi connectivity index (χ3v) is 4.33. The molecule has 0 aliphatic carbocycles. The Bertz CT molecular complexity index is 894. The molecule has 0 unspecified atom stereocenters. The van der Waals surface area contributed by atoms with Gasteiger partial charge in [-0.15, -0.1) is 0 Å². The Morgan fingerprint density at radius 3 is 2.21 bits per heavy atom. The van der Waals surface area contributed by atoms with Crippen molar-refractivity contribution in [2.75, 3.05) is 19.0 Å². The molecule has 1 amide bonds. The normalized spacial score (nSPS) is 10.3. The van der Waals surface area contributed by atoms with Gasteiger partial charge in [-0.3, -0.25) is 14.4 Å². The number of ketones is 1. The third kappa shape index (κ3) is 5.42. The molecule has 0 bridgehead atoms. The van der Waals surface area contributed by atoms with E-state index in [1.807, 2.05) is 32.9 Å². The highest BCUT2D eigenvalue weighted by Gasteiger charge is 2.15. The number of anilines is 1. The van der Waals surface area contributed by atoms with E-state index in [9.17, 15) is 14.4 Å². The fourth-order valence-corrected chi connectivity index (χ4v) is 3.04. The Morgan fingerprint density at radius 1 is 1.00 bits per heavy atom. The summed E-state index contributed by atoms with van der Waals surface area (Å²) < 4.78 is 10.3. The molecule has 1 N–H and O–H groups in total. The lowest BCUT2D eigenvalue weighted by Crippen LogP contribution is -2.22. The summed E-state index contributed by atoms with van der Waals surface area (Å²) in [7, 11) is 1.48. The number of aryl methyl sites for hydroxylation is 3. The van der Waals surface area contributed by atoms with Gasteiger partial charge in [0, 0.05) is 16.8 Å². The second-order valence-corrected chi connectivity index (χ2v) is 6.74. The predicted molar refractivity (Wildman–Crippen MR) is 107 cm³/mol. The van der Waals surface area contributed by atoms with Crippen LogP contribution in [0.1, 0.15) is 39.5 Å². The highest BCUT2D eigenvalue weighted by molar-refractivity contribution is 5.95. The van der Waals surface area contributed by atoms with Gasteiger partial charge in [-0.1, -0.05) is 17.7 Å². The van der Waals surface area contributed by atoms with Gasteiger partial charge in [0.2, 0.25) is 0 Å². The van der Waals surface area contributed by atoms with Crippen LogP contribution in [-0.2, 0) is 20.7 Å². The smallest absolute Gasteiger partial charge is 0.310 e. The molecule has 0 saturated carbocycles. The number of Topliss-reactive ketones (excluding diaryl/α,β-unsaturated/α-hetero) is 1. The summed E-state index contributed by atoms with van der Waals surface area (Å²) >= 11 is 0. The summed E-state index contributed by atoms with van der Waals surface area (Å²) in [5, 5.41) is 2.79. The van der Waals surface area contributed by atoms with Crippen LogP contribution in [0.5, 0.6) is 5.75 Å². The minimum Gasteiger partial charge on any atom is -0.496 e. The zero-order valence-corrected chi connectivity index (χ0v) is 16.8. The zero-order valence-electron chi connectivity index (χ0n) is 16.8. The maximum Gasteiger partial charge on any atom is 0.310 e. The Morgan fingerprint density at radius 2 is 1.64 bits per heavy atom. The van der Waals surface area contributed by atoms with Crippen molar-refractivity contribution in [1.82, 2.24) is 0 Å². The average Bonchev–Trinajstić information content (AvgIpc) is 2.62. The summed E-state index contributed by atoms with van der Waals surface area (Å²) in [5.41, 5.74) is 4.74. The number of benzene rings is 2. The maximum atomic E-state index is 12.2. The summed E-state index contributed by atoms with van der Waals surface area (Å²) in [6, 6.07) is 8.82. The first-order valence-electron chi connectivity index (χ1n) is 8.92. The van der Waals surface area contributed by atoms with Gasteiger partial charge in [-0.25, -0.2) is 0 Å². The van der Waals surface area contributed by atoms with Crippen LogP contribution < -0.4 is 10.1 Å². The topological polar surface area (TPSA) is 81.7 Å². The van der Waals surface area contributed by atoms with Crippen LogP contribution in [0, 0.1) is 20.8 Å². The molecule has 6 nitrogen and oxygen atoms in total. The van der Waals surface area contributed by atoms with Gasteiger partial charge < -0.3 is 14.8 Å². The minimum atomic E-state index is -0.577. The van der Waals surface area contributed by atoms with Gasteiger partial charge in [0.15, 0.2) is 12.4 Å². The van der Waals surface area contributed by atoms with Gasteiger partial charge in [0.05, 0.1) is 13.5 Å². The molecule has 6 heteroatoms. The van der Waals surface area contributed by atoms with Crippen molar-refractivity contribution in [3.05, 3.63) is 58.1 Å². The van der Waals surface area contributed by atoms with Gasteiger partial charge >= 0.3 is 5.97 Å². The number of ether oxygens (including phenoxy) is 2. The van der Waals surface area contributed by atoms with E-state index in [4.69, 9.17) is 9.47 Å². The van der Waals surface area contributed by atoms with Crippen molar-refractivity contribution in [2.24, 2.45) is 0 Å². The first kappa shape index (κ1) is 21.2. The molecule has 28 heavy (non-hydrogen) atoms. The summed E-state index contributed by atoms with van der Waals surface area (Å²) in [4.78, 5) is 35.9. The monoisotopic (exact) mass is 383 g/mol. The lowest BCUT2D eigenvalue weighted by molar-refractivity contribution is -0.146. The fraction of sp³-hybridized carbons (Fsp3) is 0.318. The summed E-state index contributed by atoms with van der Waals surface area (Å²) in [5.74, 6) is -0.614. The van der Waals surface area contributed by atoms with Crippen molar-refractivity contribution in [3.63, 3.8) is 0 Å². The van der Waals surface area contributed by atoms with E-state index in [1.165, 1.54) is 14.0 Å². The average molecular weight is 383 g/mol. The van der Waals surface area contributed by atoms with E-state index < -0.39 is 11.9 Å². The second-order valence-electron chi connectivity index (χ2n) is 6.74. The number of esters is 1. The van der Waals surface area contributed by atoms with Crippen molar-refractivity contribution in [1.29, 1.82) is 0 Å². The van der Waals surface area contributed by atoms with E-state index in [1.54, 1.807) is 18.2 Å². The van der Waals surface area contributed by atoms with Crippen LogP contribution in [-0.4, -0.2) is 31.4 Å². The van der Waals surface area contributed by atoms with E-state index in [0.29, 0.717) is 16.9 Å². The molecular formula is C22H25NO5. The molecule has 2 aromatic carbocycles. The molecule has 0 radical (unpaired) electrons. The number of rotatable bonds is 7. The number of hydrogen-bond donors (Lipinski definition) is 1. The van der Waals surface area contributed by atoms with E-state index in [2.05, 4.69) is 5.32 Å². The van der Waals surface area contributed by atoms with Crippen LogP contribution >= 0.6 is 0 Å². The molecule has 148 valence electrons. The number of carbonyl (C=O) groups excluding carboxylic acids is 3. The van der Waals surface area contributed by atoms with Crippen molar-refractivity contribution in [3.8, 4) is 5.75 Å². The first-order chi connectivity index (χ1) is 13.2. The quantitative estimate of drug-likeness (QED) is 0.584. The van der Waals surface area contributed by atoms with Gasteiger partial charge in [-0.05, 0) is 57.0 Å². The Labute approximate surface area is 164 Å².